The second-order valence-corrected chi connectivity index (χ2v) is 4.09. The first-order valence-electron chi connectivity index (χ1n) is 5.18. The van der Waals surface area contributed by atoms with Crippen LogP contribution in [0.1, 0.15) is 20.8 Å². The molecule has 15 heavy (non-hydrogen) atoms. The average Bonchev–Trinajstić information content (AvgIpc) is 2.08. The van der Waals surface area contributed by atoms with Gasteiger partial charge in [-0.25, -0.2) is 0 Å². The lowest BCUT2D eigenvalue weighted by Crippen LogP contribution is -2.28. The van der Waals surface area contributed by atoms with Crippen molar-refractivity contribution in [2.75, 3.05) is 26.3 Å². The van der Waals surface area contributed by atoms with Gasteiger partial charge in [-0.05, 0) is 18.4 Å². The molecular weight excluding hydrogens is 207 g/mol. The van der Waals surface area contributed by atoms with E-state index < -0.39 is 12.8 Å². The zero-order valence-electron chi connectivity index (χ0n) is 9.53. The summed E-state index contributed by atoms with van der Waals surface area (Å²) in [4.78, 5) is 0. The van der Waals surface area contributed by atoms with Crippen molar-refractivity contribution in [2.24, 2.45) is 11.8 Å². The van der Waals surface area contributed by atoms with Gasteiger partial charge in [-0.1, -0.05) is 20.8 Å². The fraction of sp³-hybridized carbons (Fsp3) is 1.00. The first-order valence-corrected chi connectivity index (χ1v) is 5.18. The van der Waals surface area contributed by atoms with E-state index in [1.54, 1.807) is 0 Å². The van der Waals surface area contributed by atoms with E-state index in [-0.39, 0.29) is 6.61 Å². The minimum atomic E-state index is -4.22. The molecular formula is C10H20F3NO. The van der Waals surface area contributed by atoms with E-state index in [0.717, 1.165) is 6.54 Å². The van der Waals surface area contributed by atoms with Gasteiger partial charge in [-0.15, -0.1) is 0 Å². The summed E-state index contributed by atoms with van der Waals surface area (Å²) in [6.07, 6.45) is -4.22. The second kappa shape index (κ2) is 7.06. The first kappa shape index (κ1) is 14.7. The number of ether oxygens (including phenoxy) is 1. The van der Waals surface area contributed by atoms with Crippen molar-refractivity contribution in [1.29, 1.82) is 0 Å². The Morgan fingerprint density at radius 1 is 1.20 bits per heavy atom. The molecule has 0 aliphatic rings. The van der Waals surface area contributed by atoms with Crippen LogP contribution < -0.4 is 5.32 Å². The summed E-state index contributed by atoms with van der Waals surface area (Å²) >= 11 is 0. The molecule has 0 aliphatic heterocycles. The Hall–Kier alpha value is -0.290. The summed E-state index contributed by atoms with van der Waals surface area (Å²) in [6.45, 7) is 6.56. The molecule has 0 fully saturated rings. The molecule has 0 aliphatic carbocycles. The zero-order chi connectivity index (χ0) is 11.9. The summed E-state index contributed by atoms with van der Waals surface area (Å²) in [5.74, 6) is 1.10. The van der Waals surface area contributed by atoms with E-state index in [2.05, 4.69) is 30.8 Å². The molecule has 5 heteroatoms. The van der Waals surface area contributed by atoms with Gasteiger partial charge in [0.15, 0.2) is 0 Å². The van der Waals surface area contributed by atoms with Gasteiger partial charge >= 0.3 is 6.18 Å². The van der Waals surface area contributed by atoms with Gasteiger partial charge in [0.05, 0.1) is 6.61 Å². The lowest BCUT2D eigenvalue weighted by molar-refractivity contribution is -0.173. The molecule has 1 unspecified atom stereocenters. The van der Waals surface area contributed by atoms with Crippen LogP contribution in [0.4, 0.5) is 13.2 Å². The molecule has 0 aromatic heterocycles. The van der Waals surface area contributed by atoms with Gasteiger partial charge in [-0.3, -0.25) is 0 Å². The molecule has 0 aromatic rings. The van der Waals surface area contributed by atoms with Gasteiger partial charge in [0.25, 0.3) is 0 Å². The minimum Gasteiger partial charge on any atom is -0.371 e. The molecule has 0 radical (unpaired) electrons. The van der Waals surface area contributed by atoms with E-state index in [1.807, 2.05) is 0 Å². The maximum absolute atomic E-state index is 11.7. The van der Waals surface area contributed by atoms with Crippen LogP contribution in [0.2, 0.25) is 0 Å². The molecule has 0 saturated carbocycles. The molecule has 0 heterocycles. The monoisotopic (exact) mass is 227 g/mol. The van der Waals surface area contributed by atoms with Gasteiger partial charge < -0.3 is 10.1 Å². The number of rotatable bonds is 7. The van der Waals surface area contributed by atoms with E-state index >= 15 is 0 Å². The topological polar surface area (TPSA) is 21.3 Å². The van der Waals surface area contributed by atoms with E-state index in [4.69, 9.17) is 0 Å². The molecule has 0 saturated heterocycles. The fourth-order valence-electron chi connectivity index (χ4n) is 0.898. The summed E-state index contributed by atoms with van der Waals surface area (Å²) in [5.41, 5.74) is 0. The van der Waals surface area contributed by atoms with Crippen molar-refractivity contribution < 1.29 is 17.9 Å². The maximum atomic E-state index is 11.7. The van der Waals surface area contributed by atoms with Gasteiger partial charge in [-0.2, -0.15) is 13.2 Å². The zero-order valence-corrected chi connectivity index (χ0v) is 9.53. The first-order chi connectivity index (χ1) is 6.83. The van der Waals surface area contributed by atoms with Crippen LogP contribution in [0.15, 0.2) is 0 Å². The predicted molar refractivity (Wildman–Crippen MR) is 53.7 cm³/mol. The Labute approximate surface area is 89.2 Å². The molecule has 1 atom stereocenters. The van der Waals surface area contributed by atoms with Crippen molar-refractivity contribution in [2.45, 2.75) is 26.9 Å². The largest absolute Gasteiger partial charge is 0.411 e. The summed E-state index contributed by atoms with van der Waals surface area (Å²) < 4.78 is 39.4. The number of nitrogens with one attached hydrogen (secondary N) is 1. The van der Waals surface area contributed by atoms with E-state index in [9.17, 15) is 13.2 Å². The SMILES string of the molecule is CC(C)C(C)CNCCOCC(F)(F)F. The van der Waals surface area contributed by atoms with Crippen molar-refractivity contribution in [1.82, 2.24) is 5.32 Å². The molecule has 0 rings (SSSR count). The third kappa shape index (κ3) is 10.0. The Bertz CT molecular complexity index is 159. The number of halogens is 3. The van der Waals surface area contributed by atoms with E-state index in [0.29, 0.717) is 18.4 Å². The fourth-order valence-corrected chi connectivity index (χ4v) is 0.898. The Kier molecular flexibility index (Phi) is 6.92. The summed E-state index contributed by atoms with van der Waals surface area (Å²) in [7, 11) is 0. The standard InChI is InChI=1S/C10H20F3NO/c1-8(2)9(3)6-14-4-5-15-7-10(11,12)13/h8-9,14H,4-7H2,1-3H3. The molecule has 1 N–H and O–H groups in total. The predicted octanol–water partition coefficient (Wildman–Crippen LogP) is 2.45. The van der Waals surface area contributed by atoms with E-state index in [1.165, 1.54) is 0 Å². The van der Waals surface area contributed by atoms with Crippen LogP contribution in [-0.4, -0.2) is 32.5 Å². The Balaban J connectivity index is 3.26. The second-order valence-electron chi connectivity index (χ2n) is 4.09. The van der Waals surface area contributed by atoms with Crippen molar-refractivity contribution in [3.63, 3.8) is 0 Å². The number of hydrogen-bond acceptors (Lipinski definition) is 2. The van der Waals surface area contributed by atoms with Crippen LogP contribution in [0, 0.1) is 11.8 Å². The minimum absolute atomic E-state index is 0.102. The highest BCUT2D eigenvalue weighted by atomic mass is 19.4. The average molecular weight is 227 g/mol. The Morgan fingerprint density at radius 2 is 1.80 bits per heavy atom. The van der Waals surface area contributed by atoms with Gasteiger partial charge in [0.2, 0.25) is 0 Å². The Morgan fingerprint density at radius 3 is 2.27 bits per heavy atom. The maximum Gasteiger partial charge on any atom is 0.411 e. The van der Waals surface area contributed by atoms with Crippen molar-refractivity contribution >= 4 is 0 Å². The summed E-state index contributed by atoms with van der Waals surface area (Å²) in [6, 6.07) is 0. The van der Waals surface area contributed by atoms with Crippen LogP contribution in [0.5, 0.6) is 0 Å². The molecule has 2 nitrogen and oxygen atoms in total. The quantitative estimate of drug-likeness (QED) is 0.674. The van der Waals surface area contributed by atoms with Crippen molar-refractivity contribution in [3.05, 3.63) is 0 Å². The van der Waals surface area contributed by atoms with Crippen LogP contribution in [-0.2, 0) is 4.74 Å². The smallest absolute Gasteiger partial charge is 0.371 e. The molecule has 92 valence electrons. The normalized spacial score (nSPS) is 14.6. The van der Waals surface area contributed by atoms with Gasteiger partial charge in [0.1, 0.15) is 6.61 Å². The highest BCUT2D eigenvalue weighted by molar-refractivity contribution is 4.60. The molecule has 0 bridgehead atoms. The van der Waals surface area contributed by atoms with Gasteiger partial charge in [0, 0.05) is 6.54 Å². The molecule has 0 aromatic carbocycles. The third-order valence-electron chi connectivity index (χ3n) is 2.29. The number of alkyl halides is 3. The summed E-state index contributed by atoms with van der Waals surface area (Å²) in [5, 5.41) is 3.06. The van der Waals surface area contributed by atoms with Crippen LogP contribution in [0.25, 0.3) is 0 Å². The highest BCUT2D eigenvalue weighted by Gasteiger charge is 2.27. The number of hydrogen-bond donors (Lipinski definition) is 1. The van der Waals surface area contributed by atoms with Crippen LogP contribution in [0.3, 0.4) is 0 Å². The highest BCUT2D eigenvalue weighted by Crippen LogP contribution is 2.14. The lowest BCUT2D eigenvalue weighted by Gasteiger charge is -2.16. The van der Waals surface area contributed by atoms with Crippen LogP contribution >= 0.6 is 0 Å². The lowest BCUT2D eigenvalue weighted by atomic mass is 9.98. The third-order valence-corrected chi connectivity index (χ3v) is 2.29. The molecule has 0 spiro atoms. The molecule has 0 amide bonds. The van der Waals surface area contributed by atoms with Crippen molar-refractivity contribution in [3.8, 4) is 0 Å².